The summed E-state index contributed by atoms with van der Waals surface area (Å²) in [7, 11) is 1.36. The van der Waals surface area contributed by atoms with E-state index in [4.69, 9.17) is 9.47 Å². The number of hydrogen-bond donors (Lipinski definition) is 1. The number of aromatic nitrogens is 3. The van der Waals surface area contributed by atoms with Crippen LogP contribution in [0.2, 0.25) is 0 Å². The number of halogens is 3. The number of benzene rings is 1. The number of methoxy groups -OCH3 is 1. The van der Waals surface area contributed by atoms with Crippen molar-refractivity contribution in [2.45, 2.75) is 38.9 Å². The number of alkyl halides is 3. The van der Waals surface area contributed by atoms with Gasteiger partial charge >= 0.3 is 6.18 Å². The Morgan fingerprint density at radius 3 is 2.70 bits per heavy atom. The van der Waals surface area contributed by atoms with Crippen LogP contribution in [0.5, 0.6) is 11.5 Å². The van der Waals surface area contributed by atoms with Crippen molar-refractivity contribution in [3.05, 3.63) is 45.9 Å². The fourth-order valence-electron chi connectivity index (χ4n) is 2.80. The van der Waals surface area contributed by atoms with Crippen molar-refractivity contribution in [2.24, 2.45) is 0 Å². The number of anilines is 1. The molecule has 0 aliphatic rings. The molecule has 3 rings (SSSR count). The maximum atomic E-state index is 12.4. The highest BCUT2D eigenvalue weighted by Gasteiger charge is 2.29. The van der Waals surface area contributed by atoms with Crippen LogP contribution >= 0.6 is 11.3 Å². The lowest BCUT2D eigenvalue weighted by atomic mass is 10.1. The van der Waals surface area contributed by atoms with Crippen molar-refractivity contribution in [1.82, 2.24) is 14.6 Å². The van der Waals surface area contributed by atoms with Gasteiger partial charge in [0.05, 0.1) is 13.2 Å². The quantitative estimate of drug-likeness (QED) is 0.563. The van der Waals surface area contributed by atoms with Gasteiger partial charge in [0.2, 0.25) is 10.1 Å². The third kappa shape index (κ3) is 5.21. The molecule has 0 fully saturated rings. The Bertz CT molecular complexity index is 1080. The lowest BCUT2D eigenvalue weighted by Crippen LogP contribution is -2.19. The van der Waals surface area contributed by atoms with E-state index in [0.717, 1.165) is 17.7 Å². The number of ether oxygens (including phenoxy) is 2. The van der Waals surface area contributed by atoms with Gasteiger partial charge in [0.1, 0.15) is 0 Å². The minimum absolute atomic E-state index is 0.00460. The molecule has 1 atom stereocenters. The zero-order chi connectivity index (χ0) is 21.9. The molecule has 30 heavy (non-hydrogen) atoms. The van der Waals surface area contributed by atoms with Crippen molar-refractivity contribution in [1.29, 1.82) is 0 Å². The minimum atomic E-state index is -4.44. The summed E-state index contributed by atoms with van der Waals surface area (Å²) in [4.78, 5) is 17.2. The first-order valence-electron chi connectivity index (χ1n) is 9.24. The Hall–Kier alpha value is -2.82. The molecule has 1 N–H and O–H groups in total. The molecule has 0 aliphatic carbocycles. The normalized spacial score (nSPS) is 12.7. The fourth-order valence-corrected chi connectivity index (χ4v) is 3.71. The van der Waals surface area contributed by atoms with Gasteiger partial charge in [0, 0.05) is 11.8 Å². The second-order valence-electron chi connectivity index (χ2n) is 6.62. The zero-order valence-electron chi connectivity index (χ0n) is 16.6. The van der Waals surface area contributed by atoms with E-state index in [2.05, 4.69) is 15.4 Å². The van der Waals surface area contributed by atoms with E-state index in [-0.39, 0.29) is 23.1 Å². The largest absolute Gasteiger partial charge is 0.493 e. The minimum Gasteiger partial charge on any atom is -0.493 e. The Morgan fingerprint density at radius 2 is 2.03 bits per heavy atom. The van der Waals surface area contributed by atoms with Crippen molar-refractivity contribution in [3.8, 4) is 11.5 Å². The molecule has 11 heteroatoms. The number of hydrogen-bond acceptors (Lipinski definition) is 7. The van der Waals surface area contributed by atoms with E-state index < -0.39 is 12.8 Å². The summed E-state index contributed by atoms with van der Waals surface area (Å²) in [6.45, 7) is 2.47. The molecule has 0 spiro atoms. The first-order valence-corrected chi connectivity index (χ1v) is 10.1. The number of nitrogens with one attached hydrogen (secondary N) is 1. The lowest BCUT2D eigenvalue weighted by molar-refractivity contribution is -0.153. The summed E-state index contributed by atoms with van der Waals surface area (Å²) in [5.41, 5.74) is 1.23. The van der Waals surface area contributed by atoms with Gasteiger partial charge in [-0.15, -0.1) is 5.10 Å². The van der Waals surface area contributed by atoms with Gasteiger partial charge in [-0.25, -0.2) is 4.98 Å². The smallest absolute Gasteiger partial charge is 0.422 e. The van der Waals surface area contributed by atoms with E-state index in [1.54, 1.807) is 12.1 Å². The van der Waals surface area contributed by atoms with E-state index in [1.807, 2.05) is 13.8 Å². The van der Waals surface area contributed by atoms with E-state index in [9.17, 15) is 18.0 Å². The van der Waals surface area contributed by atoms with Crippen LogP contribution in [0.15, 0.2) is 29.1 Å². The molecule has 0 radical (unpaired) electrons. The SMILES string of the molecule is CCCc1cc(=O)n2nc(NC(C)c3ccc(OCC(F)(F)F)c(OC)c3)sc2n1. The number of rotatable bonds is 8. The standard InChI is InChI=1S/C19H21F3N4O3S/c1-4-5-13-9-16(27)26-18(24-13)30-17(25-26)23-11(2)12-6-7-14(15(8-12)28-3)29-10-19(20,21)22/h6-9,11H,4-5,10H2,1-3H3,(H,23,25). The third-order valence-corrected chi connectivity index (χ3v) is 5.06. The predicted molar refractivity (Wildman–Crippen MR) is 108 cm³/mol. The third-order valence-electron chi connectivity index (χ3n) is 4.22. The molecular weight excluding hydrogens is 421 g/mol. The van der Waals surface area contributed by atoms with Crippen LogP contribution in [0.3, 0.4) is 0 Å². The maximum absolute atomic E-state index is 12.4. The molecule has 0 saturated carbocycles. The second kappa shape index (κ2) is 8.90. The first-order chi connectivity index (χ1) is 14.2. The number of fused-ring (bicyclic) bond motifs is 1. The van der Waals surface area contributed by atoms with Crippen molar-refractivity contribution in [2.75, 3.05) is 19.0 Å². The summed E-state index contributed by atoms with van der Waals surface area (Å²) in [6, 6.07) is 5.89. The highest BCUT2D eigenvalue weighted by Crippen LogP contribution is 2.33. The van der Waals surface area contributed by atoms with E-state index >= 15 is 0 Å². The van der Waals surface area contributed by atoms with E-state index in [1.165, 1.54) is 35.1 Å². The molecule has 0 bridgehead atoms. The maximum Gasteiger partial charge on any atom is 0.422 e. The molecule has 7 nitrogen and oxygen atoms in total. The van der Waals surface area contributed by atoms with Crippen molar-refractivity contribution >= 4 is 21.4 Å². The summed E-state index contributed by atoms with van der Waals surface area (Å²) in [5, 5.41) is 7.95. The summed E-state index contributed by atoms with van der Waals surface area (Å²) >= 11 is 1.25. The molecule has 0 saturated heterocycles. The van der Waals surface area contributed by atoms with Crippen LogP contribution in [0, 0.1) is 0 Å². The average Bonchev–Trinajstić information content (AvgIpc) is 3.08. The number of aryl methyl sites for hydroxylation is 1. The first kappa shape index (κ1) is 21.9. The molecule has 3 aromatic rings. The highest BCUT2D eigenvalue weighted by molar-refractivity contribution is 7.20. The Morgan fingerprint density at radius 1 is 1.27 bits per heavy atom. The van der Waals surface area contributed by atoms with Gasteiger partial charge in [0.25, 0.3) is 5.56 Å². The van der Waals surface area contributed by atoms with Gasteiger partial charge < -0.3 is 14.8 Å². The van der Waals surface area contributed by atoms with Gasteiger partial charge in [-0.2, -0.15) is 17.7 Å². The molecule has 0 aliphatic heterocycles. The molecule has 162 valence electrons. The summed E-state index contributed by atoms with van der Waals surface area (Å²) in [6.07, 6.45) is -2.84. The Labute approximate surface area is 174 Å². The van der Waals surface area contributed by atoms with Gasteiger partial charge in [-0.1, -0.05) is 30.7 Å². The summed E-state index contributed by atoms with van der Waals surface area (Å²) in [5.74, 6) is 0.196. The number of nitrogens with zero attached hydrogens (tertiary/aromatic N) is 3. The molecule has 1 aromatic carbocycles. The van der Waals surface area contributed by atoms with Gasteiger partial charge in [0.15, 0.2) is 18.1 Å². The lowest BCUT2D eigenvalue weighted by Gasteiger charge is -2.17. The summed E-state index contributed by atoms with van der Waals surface area (Å²) < 4.78 is 48.4. The Kier molecular flexibility index (Phi) is 6.49. The predicted octanol–water partition coefficient (Wildman–Crippen LogP) is 4.23. The second-order valence-corrected chi connectivity index (χ2v) is 7.57. The molecule has 2 heterocycles. The highest BCUT2D eigenvalue weighted by atomic mass is 32.1. The fraction of sp³-hybridized carbons (Fsp3) is 0.421. The zero-order valence-corrected chi connectivity index (χ0v) is 17.4. The van der Waals surface area contributed by atoms with Gasteiger partial charge in [-0.05, 0) is 31.0 Å². The van der Waals surface area contributed by atoms with Crippen LogP contribution in [-0.2, 0) is 6.42 Å². The van der Waals surface area contributed by atoms with Crippen LogP contribution in [-0.4, -0.2) is 34.5 Å². The van der Waals surface area contributed by atoms with Crippen molar-refractivity contribution < 1.29 is 22.6 Å². The van der Waals surface area contributed by atoms with Crippen LogP contribution in [0.1, 0.15) is 37.6 Å². The van der Waals surface area contributed by atoms with Crippen molar-refractivity contribution in [3.63, 3.8) is 0 Å². The van der Waals surface area contributed by atoms with Crippen LogP contribution in [0.25, 0.3) is 4.96 Å². The topological polar surface area (TPSA) is 77.8 Å². The van der Waals surface area contributed by atoms with Gasteiger partial charge in [-0.3, -0.25) is 4.79 Å². The van der Waals surface area contributed by atoms with Crippen LogP contribution < -0.4 is 20.3 Å². The van der Waals surface area contributed by atoms with E-state index in [0.29, 0.717) is 16.5 Å². The monoisotopic (exact) mass is 442 g/mol. The van der Waals surface area contributed by atoms with Crippen LogP contribution in [0.4, 0.5) is 18.3 Å². The Balaban J connectivity index is 1.79. The molecule has 2 aromatic heterocycles. The molecule has 1 unspecified atom stereocenters. The molecular formula is C19H21F3N4O3S. The average molecular weight is 442 g/mol. The molecule has 0 amide bonds.